The summed E-state index contributed by atoms with van der Waals surface area (Å²) in [5.74, 6) is 0.00609. The van der Waals surface area contributed by atoms with E-state index in [1.165, 1.54) is 0 Å². The van der Waals surface area contributed by atoms with Gasteiger partial charge in [0.25, 0.3) is 0 Å². The third-order valence-corrected chi connectivity index (χ3v) is 2.60. The summed E-state index contributed by atoms with van der Waals surface area (Å²) in [6.07, 6.45) is 3.53. The average molecular weight is 260 g/mol. The molecule has 0 spiro atoms. The van der Waals surface area contributed by atoms with Gasteiger partial charge in [-0.05, 0) is 23.8 Å². The Morgan fingerprint density at radius 1 is 1.47 bits per heavy atom. The largest absolute Gasteiger partial charge is 0.409 e. The van der Waals surface area contributed by atoms with Gasteiger partial charge in [-0.25, -0.2) is 0 Å². The summed E-state index contributed by atoms with van der Waals surface area (Å²) in [6, 6.07) is 5.61. The fraction of sp³-hybridized carbons (Fsp3) is 0.250. The Morgan fingerprint density at radius 3 is 3.00 bits per heavy atom. The van der Waals surface area contributed by atoms with Gasteiger partial charge in [-0.3, -0.25) is 9.67 Å². The molecule has 0 amide bonds. The van der Waals surface area contributed by atoms with Crippen molar-refractivity contribution in [2.75, 3.05) is 0 Å². The van der Waals surface area contributed by atoms with Gasteiger partial charge in [0.1, 0.15) is 5.69 Å². The lowest BCUT2D eigenvalue weighted by atomic mass is 10.2. The standard InChI is InChI=1S/C12H16N6O/c1-18-5-3-10(16-18)8-14-7-9-2-4-15-11(6-9)12(13)17-19/h2-6,14,19H,7-8H2,1H3,(H2,13,17). The predicted octanol–water partition coefficient (Wildman–Crippen LogP) is 0.199. The first-order valence-corrected chi connectivity index (χ1v) is 5.81. The van der Waals surface area contributed by atoms with Crippen molar-refractivity contribution in [1.29, 1.82) is 0 Å². The van der Waals surface area contributed by atoms with Crippen LogP contribution in [0.25, 0.3) is 0 Å². The highest BCUT2D eigenvalue weighted by molar-refractivity contribution is 5.95. The van der Waals surface area contributed by atoms with Gasteiger partial charge in [0.05, 0.1) is 5.69 Å². The number of nitrogens with one attached hydrogen (secondary N) is 1. The number of hydrogen-bond donors (Lipinski definition) is 3. The Bertz CT molecular complexity index is 577. The van der Waals surface area contributed by atoms with Gasteiger partial charge in [-0.2, -0.15) is 5.10 Å². The highest BCUT2D eigenvalue weighted by atomic mass is 16.4. The van der Waals surface area contributed by atoms with Crippen molar-refractivity contribution in [1.82, 2.24) is 20.1 Å². The lowest BCUT2D eigenvalue weighted by Gasteiger charge is -2.04. The molecule has 4 N–H and O–H groups in total. The Morgan fingerprint density at radius 2 is 2.32 bits per heavy atom. The third kappa shape index (κ3) is 3.52. The minimum absolute atomic E-state index is 0.00609. The third-order valence-electron chi connectivity index (χ3n) is 2.60. The van der Waals surface area contributed by atoms with E-state index >= 15 is 0 Å². The second-order valence-electron chi connectivity index (χ2n) is 4.12. The number of nitrogens with two attached hydrogens (primary N) is 1. The van der Waals surface area contributed by atoms with Crippen LogP contribution in [0.15, 0.2) is 35.7 Å². The zero-order valence-corrected chi connectivity index (χ0v) is 10.6. The lowest BCUT2D eigenvalue weighted by molar-refractivity contribution is 0.318. The minimum Gasteiger partial charge on any atom is -0.409 e. The van der Waals surface area contributed by atoms with Crippen LogP contribution < -0.4 is 11.1 Å². The molecule has 7 heteroatoms. The molecule has 2 aromatic rings. The molecule has 0 aromatic carbocycles. The number of nitrogens with zero attached hydrogens (tertiary/aromatic N) is 4. The first-order chi connectivity index (χ1) is 9.19. The first-order valence-electron chi connectivity index (χ1n) is 5.81. The molecule has 100 valence electrons. The van der Waals surface area contributed by atoms with Crippen LogP contribution in [-0.4, -0.2) is 25.8 Å². The SMILES string of the molecule is Cn1ccc(CNCc2ccnc(/C(N)=N/O)c2)n1. The van der Waals surface area contributed by atoms with E-state index in [2.05, 4.69) is 20.6 Å². The van der Waals surface area contributed by atoms with Gasteiger partial charge >= 0.3 is 0 Å². The molecule has 0 aliphatic carbocycles. The lowest BCUT2D eigenvalue weighted by Crippen LogP contribution is -2.17. The quantitative estimate of drug-likeness (QED) is 0.308. The molecule has 0 aliphatic heterocycles. The van der Waals surface area contributed by atoms with E-state index in [4.69, 9.17) is 10.9 Å². The minimum atomic E-state index is 0.00609. The molecule has 2 heterocycles. The van der Waals surface area contributed by atoms with E-state index in [0.29, 0.717) is 18.8 Å². The molecule has 0 fully saturated rings. The van der Waals surface area contributed by atoms with Gasteiger partial charge in [-0.15, -0.1) is 0 Å². The van der Waals surface area contributed by atoms with E-state index in [1.54, 1.807) is 16.9 Å². The fourth-order valence-corrected chi connectivity index (χ4v) is 1.67. The van der Waals surface area contributed by atoms with E-state index in [0.717, 1.165) is 11.3 Å². The number of hydrogen-bond acceptors (Lipinski definition) is 5. The number of amidine groups is 1. The summed E-state index contributed by atoms with van der Waals surface area (Å²) in [5.41, 5.74) is 7.93. The van der Waals surface area contributed by atoms with Crippen LogP contribution in [0, 0.1) is 0 Å². The molecule has 0 radical (unpaired) electrons. The summed E-state index contributed by atoms with van der Waals surface area (Å²) in [7, 11) is 1.88. The number of oxime groups is 1. The summed E-state index contributed by atoms with van der Waals surface area (Å²) in [4.78, 5) is 4.02. The molecular formula is C12H16N6O. The van der Waals surface area contributed by atoms with Crippen molar-refractivity contribution in [2.45, 2.75) is 13.1 Å². The first kappa shape index (κ1) is 13.0. The number of rotatable bonds is 5. The number of aryl methyl sites for hydroxylation is 1. The number of pyridine rings is 1. The van der Waals surface area contributed by atoms with Crippen LogP contribution in [0.3, 0.4) is 0 Å². The van der Waals surface area contributed by atoms with Crippen LogP contribution >= 0.6 is 0 Å². The van der Waals surface area contributed by atoms with Gasteiger partial charge < -0.3 is 16.3 Å². The smallest absolute Gasteiger partial charge is 0.188 e. The van der Waals surface area contributed by atoms with Crippen molar-refractivity contribution in [3.05, 3.63) is 47.5 Å². The molecule has 19 heavy (non-hydrogen) atoms. The maximum Gasteiger partial charge on any atom is 0.188 e. The van der Waals surface area contributed by atoms with Crippen molar-refractivity contribution in [3.63, 3.8) is 0 Å². The molecule has 0 aliphatic rings. The Hall–Kier alpha value is -2.41. The van der Waals surface area contributed by atoms with Gasteiger partial charge in [0.2, 0.25) is 0 Å². The molecule has 2 rings (SSSR count). The normalized spacial score (nSPS) is 11.7. The van der Waals surface area contributed by atoms with E-state index < -0.39 is 0 Å². The van der Waals surface area contributed by atoms with Crippen molar-refractivity contribution >= 4 is 5.84 Å². The van der Waals surface area contributed by atoms with Crippen LogP contribution in [0.4, 0.5) is 0 Å². The second kappa shape index (κ2) is 5.96. The molecule has 0 saturated carbocycles. The summed E-state index contributed by atoms with van der Waals surface area (Å²) >= 11 is 0. The molecular weight excluding hydrogens is 244 g/mol. The second-order valence-corrected chi connectivity index (χ2v) is 4.12. The Balaban J connectivity index is 1.92. The summed E-state index contributed by atoms with van der Waals surface area (Å²) < 4.78 is 1.76. The average Bonchev–Trinajstić information content (AvgIpc) is 2.84. The van der Waals surface area contributed by atoms with E-state index in [9.17, 15) is 0 Å². The van der Waals surface area contributed by atoms with Crippen LogP contribution in [0.5, 0.6) is 0 Å². The van der Waals surface area contributed by atoms with E-state index in [-0.39, 0.29) is 5.84 Å². The highest BCUT2D eigenvalue weighted by Gasteiger charge is 2.02. The van der Waals surface area contributed by atoms with Crippen LogP contribution in [-0.2, 0) is 20.1 Å². The van der Waals surface area contributed by atoms with Crippen molar-refractivity contribution < 1.29 is 5.21 Å². The molecule has 0 unspecified atom stereocenters. The number of aromatic nitrogens is 3. The van der Waals surface area contributed by atoms with Crippen LogP contribution in [0.2, 0.25) is 0 Å². The zero-order chi connectivity index (χ0) is 13.7. The van der Waals surface area contributed by atoms with E-state index in [1.807, 2.05) is 25.4 Å². The van der Waals surface area contributed by atoms with Gasteiger partial charge in [-0.1, -0.05) is 5.16 Å². The van der Waals surface area contributed by atoms with Gasteiger partial charge in [0, 0.05) is 32.5 Å². The zero-order valence-electron chi connectivity index (χ0n) is 10.6. The monoisotopic (exact) mass is 260 g/mol. The topological polar surface area (TPSA) is 101 Å². The molecule has 0 saturated heterocycles. The molecule has 2 aromatic heterocycles. The Kier molecular flexibility index (Phi) is 4.09. The maximum atomic E-state index is 8.60. The van der Waals surface area contributed by atoms with Crippen molar-refractivity contribution in [3.8, 4) is 0 Å². The summed E-state index contributed by atoms with van der Waals surface area (Å²) in [5, 5.41) is 19.1. The summed E-state index contributed by atoms with van der Waals surface area (Å²) in [6.45, 7) is 1.34. The molecule has 0 atom stereocenters. The maximum absolute atomic E-state index is 8.60. The van der Waals surface area contributed by atoms with Crippen LogP contribution in [0.1, 0.15) is 17.0 Å². The molecule has 0 bridgehead atoms. The van der Waals surface area contributed by atoms with Crippen molar-refractivity contribution in [2.24, 2.45) is 17.9 Å². The van der Waals surface area contributed by atoms with Gasteiger partial charge in [0.15, 0.2) is 5.84 Å². The highest BCUT2D eigenvalue weighted by Crippen LogP contribution is 2.02. The predicted molar refractivity (Wildman–Crippen MR) is 70.5 cm³/mol. The fourth-order valence-electron chi connectivity index (χ4n) is 1.67. The molecule has 7 nitrogen and oxygen atoms in total. The Labute approximate surface area is 110 Å².